The maximum absolute atomic E-state index is 9.96. The fourth-order valence-corrected chi connectivity index (χ4v) is 3.09. The lowest BCUT2D eigenvalue weighted by Gasteiger charge is -2.35. The molecule has 2 rings (SSSR count). The van der Waals surface area contributed by atoms with E-state index in [0.717, 1.165) is 31.2 Å². The van der Waals surface area contributed by atoms with Gasteiger partial charge in [0, 0.05) is 6.61 Å². The Morgan fingerprint density at radius 2 is 1.94 bits per heavy atom. The first-order chi connectivity index (χ1) is 8.72. The van der Waals surface area contributed by atoms with Crippen LogP contribution in [0.15, 0.2) is 24.3 Å². The van der Waals surface area contributed by atoms with Gasteiger partial charge in [-0.05, 0) is 55.6 Å². The molecule has 0 spiro atoms. The van der Waals surface area contributed by atoms with Crippen molar-refractivity contribution in [2.24, 2.45) is 5.92 Å². The summed E-state index contributed by atoms with van der Waals surface area (Å²) in [5.74, 6) is 0.987. The molecule has 1 aliphatic rings. The van der Waals surface area contributed by atoms with E-state index in [1.807, 2.05) is 18.2 Å². The highest BCUT2D eigenvalue weighted by Crippen LogP contribution is 2.42. The summed E-state index contributed by atoms with van der Waals surface area (Å²) < 4.78 is 0. The summed E-state index contributed by atoms with van der Waals surface area (Å²) in [7, 11) is 0. The molecule has 3 atom stereocenters. The average Bonchev–Trinajstić information content (AvgIpc) is 2.38. The minimum Gasteiger partial charge on any atom is -0.508 e. The molecule has 0 bridgehead atoms. The standard InChI is InChI=1S/C15H22O3/c16-9-3-4-11-7-8-12(17)10-14(11)13-5-1-2-6-15(13)18/h1-2,5-6,11-12,14,16-18H,3-4,7-10H2/t11?,12-,14-/m1/s1. The van der Waals surface area contributed by atoms with Crippen LogP contribution in [0.4, 0.5) is 0 Å². The number of aromatic hydroxyl groups is 1. The first-order valence-electron chi connectivity index (χ1n) is 6.79. The normalized spacial score (nSPS) is 28.2. The van der Waals surface area contributed by atoms with E-state index in [1.165, 1.54) is 0 Å². The molecule has 1 unspecified atom stereocenters. The maximum Gasteiger partial charge on any atom is 0.119 e. The summed E-state index contributed by atoms with van der Waals surface area (Å²) in [6, 6.07) is 7.41. The van der Waals surface area contributed by atoms with Crippen molar-refractivity contribution in [1.29, 1.82) is 0 Å². The molecule has 0 heterocycles. The Labute approximate surface area is 108 Å². The number of hydrogen-bond acceptors (Lipinski definition) is 3. The van der Waals surface area contributed by atoms with Crippen LogP contribution in [0.2, 0.25) is 0 Å². The van der Waals surface area contributed by atoms with E-state index in [9.17, 15) is 10.2 Å². The Morgan fingerprint density at radius 3 is 2.67 bits per heavy atom. The van der Waals surface area contributed by atoms with Gasteiger partial charge in [0.05, 0.1) is 6.10 Å². The van der Waals surface area contributed by atoms with Gasteiger partial charge in [-0.1, -0.05) is 18.2 Å². The van der Waals surface area contributed by atoms with Gasteiger partial charge in [-0.3, -0.25) is 0 Å². The Morgan fingerprint density at radius 1 is 1.17 bits per heavy atom. The van der Waals surface area contributed by atoms with Crippen molar-refractivity contribution in [3.63, 3.8) is 0 Å². The van der Waals surface area contributed by atoms with Crippen LogP contribution in [-0.4, -0.2) is 28.0 Å². The molecule has 3 N–H and O–H groups in total. The number of phenolic OH excluding ortho intramolecular Hbond substituents is 1. The van der Waals surface area contributed by atoms with Crippen LogP contribution < -0.4 is 0 Å². The quantitative estimate of drug-likeness (QED) is 0.769. The molecule has 0 saturated heterocycles. The Balaban J connectivity index is 2.17. The van der Waals surface area contributed by atoms with Gasteiger partial charge in [-0.2, -0.15) is 0 Å². The molecule has 1 aromatic carbocycles. The van der Waals surface area contributed by atoms with Crippen molar-refractivity contribution in [3.8, 4) is 5.75 Å². The van der Waals surface area contributed by atoms with Crippen molar-refractivity contribution >= 4 is 0 Å². The summed E-state index contributed by atoms with van der Waals surface area (Å²) in [6.07, 6.45) is 4.01. The molecule has 100 valence electrons. The van der Waals surface area contributed by atoms with Gasteiger partial charge in [0.2, 0.25) is 0 Å². The van der Waals surface area contributed by atoms with Crippen molar-refractivity contribution in [2.45, 2.75) is 44.1 Å². The molecule has 1 aromatic rings. The molecule has 0 aromatic heterocycles. The predicted molar refractivity (Wildman–Crippen MR) is 70.5 cm³/mol. The van der Waals surface area contributed by atoms with Crippen molar-refractivity contribution < 1.29 is 15.3 Å². The molecule has 0 amide bonds. The van der Waals surface area contributed by atoms with Crippen LogP contribution in [0.3, 0.4) is 0 Å². The van der Waals surface area contributed by atoms with Crippen LogP contribution in [0.5, 0.6) is 5.75 Å². The zero-order valence-electron chi connectivity index (χ0n) is 10.6. The Kier molecular flexibility index (Phi) is 4.61. The molecule has 18 heavy (non-hydrogen) atoms. The van der Waals surface area contributed by atoms with E-state index in [0.29, 0.717) is 18.1 Å². The second kappa shape index (κ2) is 6.21. The monoisotopic (exact) mass is 250 g/mol. The third kappa shape index (κ3) is 3.03. The summed E-state index contributed by atoms with van der Waals surface area (Å²) in [4.78, 5) is 0. The molecular formula is C15H22O3. The second-order valence-corrected chi connectivity index (χ2v) is 5.26. The van der Waals surface area contributed by atoms with Crippen molar-refractivity contribution in [2.75, 3.05) is 6.61 Å². The van der Waals surface area contributed by atoms with Gasteiger partial charge in [-0.15, -0.1) is 0 Å². The second-order valence-electron chi connectivity index (χ2n) is 5.26. The number of para-hydroxylation sites is 1. The number of aliphatic hydroxyl groups excluding tert-OH is 2. The highest BCUT2D eigenvalue weighted by atomic mass is 16.3. The van der Waals surface area contributed by atoms with Crippen LogP contribution in [-0.2, 0) is 0 Å². The van der Waals surface area contributed by atoms with Crippen LogP contribution in [0.25, 0.3) is 0 Å². The summed E-state index contributed by atoms with van der Waals surface area (Å²) in [6.45, 7) is 0.215. The smallest absolute Gasteiger partial charge is 0.119 e. The lowest BCUT2D eigenvalue weighted by atomic mass is 9.72. The Hall–Kier alpha value is -1.06. The topological polar surface area (TPSA) is 60.7 Å². The highest BCUT2D eigenvalue weighted by molar-refractivity contribution is 5.35. The number of aliphatic hydroxyl groups is 2. The fourth-order valence-electron chi connectivity index (χ4n) is 3.09. The van der Waals surface area contributed by atoms with Gasteiger partial charge >= 0.3 is 0 Å². The van der Waals surface area contributed by atoms with Gasteiger partial charge in [-0.25, -0.2) is 0 Å². The van der Waals surface area contributed by atoms with E-state index >= 15 is 0 Å². The number of rotatable bonds is 4. The van der Waals surface area contributed by atoms with E-state index in [-0.39, 0.29) is 18.6 Å². The molecule has 0 radical (unpaired) electrons. The van der Waals surface area contributed by atoms with Gasteiger partial charge < -0.3 is 15.3 Å². The lowest BCUT2D eigenvalue weighted by molar-refractivity contribution is 0.0879. The fraction of sp³-hybridized carbons (Fsp3) is 0.600. The van der Waals surface area contributed by atoms with Crippen LogP contribution >= 0.6 is 0 Å². The molecule has 1 saturated carbocycles. The number of phenols is 1. The number of hydrogen-bond donors (Lipinski definition) is 3. The summed E-state index contributed by atoms with van der Waals surface area (Å²) >= 11 is 0. The third-order valence-electron chi connectivity index (χ3n) is 4.03. The zero-order valence-corrected chi connectivity index (χ0v) is 10.6. The molecule has 1 aliphatic carbocycles. The van der Waals surface area contributed by atoms with Crippen LogP contribution in [0, 0.1) is 5.92 Å². The van der Waals surface area contributed by atoms with E-state index in [1.54, 1.807) is 6.07 Å². The first kappa shape index (κ1) is 13.4. The average molecular weight is 250 g/mol. The zero-order chi connectivity index (χ0) is 13.0. The van der Waals surface area contributed by atoms with E-state index in [4.69, 9.17) is 5.11 Å². The summed E-state index contributed by atoms with van der Waals surface area (Å²) in [5, 5.41) is 28.8. The minimum absolute atomic E-state index is 0.210. The van der Waals surface area contributed by atoms with Crippen LogP contribution in [0.1, 0.15) is 43.6 Å². The van der Waals surface area contributed by atoms with E-state index < -0.39 is 0 Å². The largest absolute Gasteiger partial charge is 0.508 e. The third-order valence-corrected chi connectivity index (χ3v) is 4.03. The number of benzene rings is 1. The molecule has 3 nitrogen and oxygen atoms in total. The molecule has 3 heteroatoms. The van der Waals surface area contributed by atoms with Crippen molar-refractivity contribution in [3.05, 3.63) is 29.8 Å². The minimum atomic E-state index is -0.264. The first-order valence-corrected chi connectivity index (χ1v) is 6.79. The molecular weight excluding hydrogens is 228 g/mol. The summed E-state index contributed by atoms with van der Waals surface area (Å²) in [5.41, 5.74) is 0.944. The lowest BCUT2D eigenvalue weighted by Crippen LogP contribution is -2.26. The van der Waals surface area contributed by atoms with Gasteiger partial charge in [0.1, 0.15) is 5.75 Å². The molecule has 0 aliphatic heterocycles. The Bertz CT molecular complexity index is 376. The predicted octanol–water partition coefficient (Wildman–Crippen LogP) is 2.41. The SMILES string of the molecule is OCCCC1CC[C@@H](O)C[C@H]1c1ccccc1O. The molecule has 1 fully saturated rings. The van der Waals surface area contributed by atoms with Gasteiger partial charge in [0.15, 0.2) is 0 Å². The highest BCUT2D eigenvalue weighted by Gasteiger charge is 2.31. The van der Waals surface area contributed by atoms with Gasteiger partial charge in [0.25, 0.3) is 0 Å². The van der Waals surface area contributed by atoms with Crippen molar-refractivity contribution in [1.82, 2.24) is 0 Å². The van der Waals surface area contributed by atoms with E-state index in [2.05, 4.69) is 0 Å². The maximum atomic E-state index is 9.96.